The SMILES string of the molecule is Clc1ccccc1CCCn1ccc2c(Cl)ncnc21. The van der Waals surface area contributed by atoms with Crippen LogP contribution in [0.15, 0.2) is 42.9 Å². The van der Waals surface area contributed by atoms with E-state index in [9.17, 15) is 0 Å². The van der Waals surface area contributed by atoms with Crippen LogP contribution in [0.5, 0.6) is 0 Å². The van der Waals surface area contributed by atoms with E-state index >= 15 is 0 Å². The molecular weight excluding hydrogens is 293 g/mol. The first-order valence-corrected chi connectivity index (χ1v) is 7.20. The Morgan fingerprint density at radius 3 is 2.75 bits per heavy atom. The quantitative estimate of drug-likeness (QED) is 0.670. The summed E-state index contributed by atoms with van der Waals surface area (Å²) >= 11 is 12.2. The molecule has 0 aliphatic heterocycles. The molecule has 0 aliphatic rings. The van der Waals surface area contributed by atoms with Gasteiger partial charge in [0.2, 0.25) is 0 Å². The summed E-state index contributed by atoms with van der Waals surface area (Å²) in [7, 11) is 0. The number of rotatable bonds is 4. The number of halogens is 2. The summed E-state index contributed by atoms with van der Waals surface area (Å²) in [4.78, 5) is 8.27. The van der Waals surface area contributed by atoms with Crippen LogP contribution in [-0.2, 0) is 13.0 Å². The smallest absolute Gasteiger partial charge is 0.144 e. The van der Waals surface area contributed by atoms with Crippen molar-refractivity contribution in [3.8, 4) is 0 Å². The maximum absolute atomic E-state index is 6.16. The third kappa shape index (κ3) is 2.65. The fourth-order valence-corrected chi connectivity index (χ4v) is 2.72. The van der Waals surface area contributed by atoms with Crippen molar-refractivity contribution in [1.29, 1.82) is 0 Å². The molecule has 0 aliphatic carbocycles. The molecule has 3 nitrogen and oxygen atoms in total. The zero-order valence-electron chi connectivity index (χ0n) is 10.8. The lowest BCUT2D eigenvalue weighted by Gasteiger charge is -2.06. The van der Waals surface area contributed by atoms with Crippen molar-refractivity contribution >= 4 is 34.2 Å². The normalized spacial score (nSPS) is 11.1. The molecule has 1 aromatic carbocycles. The van der Waals surface area contributed by atoms with Gasteiger partial charge in [-0.3, -0.25) is 0 Å². The standard InChI is InChI=1S/C15H13Cl2N3/c16-13-6-2-1-4-11(13)5-3-8-20-9-7-12-14(17)18-10-19-15(12)20/h1-2,4,6-7,9-10H,3,5,8H2. The van der Waals surface area contributed by atoms with Gasteiger partial charge >= 0.3 is 0 Å². The molecule has 2 heterocycles. The molecule has 0 spiro atoms. The minimum Gasteiger partial charge on any atom is -0.332 e. The van der Waals surface area contributed by atoms with Crippen molar-refractivity contribution in [3.63, 3.8) is 0 Å². The fourth-order valence-electron chi connectivity index (χ4n) is 2.29. The topological polar surface area (TPSA) is 30.7 Å². The maximum atomic E-state index is 6.16. The Bertz CT molecular complexity index is 737. The lowest BCUT2D eigenvalue weighted by Crippen LogP contribution is -2.00. The van der Waals surface area contributed by atoms with Crippen LogP contribution in [0.3, 0.4) is 0 Å². The van der Waals surface area contributed by atoms with Crippen LogP contribution in [-0.4, -0.2) is 14.5 Å². The van der Waals surface area contributed by atoms with E-state index in [-0.39, 0.29) is 0 Å². The molecule has 0 atom stereocenters. The Kier molecular flexibility index (Phi) is 3.90. The highest BCUT2D eigenvalue weighted by molar-refractivity contribution is 6.33. The molecule has 0 fully saturated rings. The Balaban J connectivity index is 1.72. The second-order valence-corrected chi connectivity index (χ2v) is 5.37. The molecule has 102 valence electrons. The van der Waals surface area contributed by atoms with E-state index in [0.717, 1.165) is 35.4 Å². The molecule has 0 saturated heterocycles. The van der Waals surface area contributed by atoms with Crippen LogP contribution in [0, 0.1) is 0 Å². The van der Waals surface area contributed by atoms with Gasteiger partial charge in [0, 0.05) is 17.8 Å². The third-order valence-electron chi connectivity index (χ3n) is 3.31. The molecule has 0 N–H and O–H groups in total. The molecule has 0 bridgehead atoms. The third-order valence-corrected chi connectivity index (χ3v) is 3.98. The Labute approximate surface area is 127 Å². The molecular formula is C15H13Cl2N3. The van der Waals surface area contributed by atoms with E-state index in [2.05, 4.69) is 20.6 Å². The minimum absolute atomic E-state index is 0.500. The van der Waals surface area contributed by atoms with Gasteiger partial charge in [-0.25, -0.2) is 9.97 Å². The zero-order chi connectivity index (χ0) is 13.9. The highest BCUT2D eigenvalue weighted by Crippen LogP contribution is 2.21. The van der Waals surface area contributed by atoms with E-state index in [0.29, 0.717) is 5.15 Å². The molecule has 0 amide bonds. The van der Waals surface area contributed by atoms with Crippen molar-refractivity contribution in [2.45, 2.75) is 19.4 Å². The van der Waals surface area contributed by atoms with E-state index in [1.165, 1.54) is 11.9 Å². The molecule has 2 aromatic heterocycles. The summed E-state index contributed by atoms with van der Waals surface area (Å²) in [6.45, 7) is 0.877. The Morgan fingerprint density at radius 1 is 1.05 bits per heavy atom. The summed E-state index contributed by atoms with van der Waals surface area (Å²) in [5.41, 5.74) is 2.06. The summed E-state index contributed by atoms with van der Waals surface area (Å²) in [6, 6.07) is 9.90. The lowest BCUT2D eigenvalue weighted by atomic mass is 10.1. The van der Waals surface area contributed by atoms with Gasteiger partial charge < -0.3 is 4.57 Å². The van der Waals surface area contributed by atoms with Crippen LogP contribution in [0.25, 0.3) is 11.0 Å². The van der Waals surface area contributed by atoms with Crippen LogP contribution in [0.1, 0.15) is 12.0 Å². The van der Waals surface area contributed by atoms with Crippen LogP contribution in [0.2, 0.25) is 10.2 Å². The second kappa shape index (κ2) is 5.81. The number of aromatic nitrogens is 3. The van der Waals surface area contributed by atoms with Gasteiger partial charge in [0.15, 0.2) is 0 Å². The number of aryl methyl sites for hydroxylation is 2. The van der Waals surface area contributed by atoms with Crippen molar-refractivity contribution in [1.82, 2.24) is 14.5 Å². The van der Waals surface area contributed by atoms with Crippen LogP contribution in [0.4, 0.5) is 0 Å². The first kappa shape index (κ1) is 13.4. The molecule has 0 radical (unpaired) electrons. The number of nitrogens with zero attached hydrogens (tertiary/aromatic N) is 3. The van der Waals surface area contributed by atoms with E-state index in [1.807, 2.05) is 30.5 Å². The van der Waals surface area contributed by atoms with Gasteiger partial charge in [-0.2, -0.15) is 0 Å². The summed E-state index contributed by atoms with van der Waals surface area (Å²) in [6.07, 6.45) is 5.43. The van der Waals surface area contributed by atoms with Gasteiger partial charge in [0.25, 0.3) is 0 Å². The molecule has 0 unspecified atom stereocenters. The predicted octanol–water partition coefficient (Wildman–Crippen LogP) is 4.37. The van der Waals surface area contributed by atoms with Gasteiger partial charge in [-0.15, -0.1) is 0 Å². The largest absolute Gasteiger partial charge is 0.332 e. The van der Waals surface area contributed by atoms with Crippen molar-refractivity contribution in [2.24, 2.45) is 0 Å². The van der Waals surface area contributed by atoms with E-state index in [4.69, 9.17) is 23.2 Å². The van der Waals surface area contributed by atoms with Gasteiger partial charge in [0.1, 0.15) is 17.1 Å². The summed E-state index contributed by atoms with van der Waals surface area (Å²) in [5.74, 6) is 0. The average Bonchev–Trinajstić information content (AvgIpc) is 2.86. The van der Waals surface area contributed by atoms with Gasteiger partial charge in [-0.05, 0) is 30.5 Å². The van der Waals surface area contributed by atoms with Crippen LogP contribution < -0.4 is 0 Å². The second-order valence-electron chi connectivity index (χ2n) is 4.61. The highest BCUT2D eigenvalue weighted by Gasteiger charge is 2.06. The average molecular weight is 306 g/mol. The Morgan fingerprint density at radius 2 is 1.90 bits per heavy atom. The first-order chi connectivity index (χ1) is 9.75. The van der Waals surface area contributed by atoms with E-state index < -0.39 is 0 Å². The first-order valence-electron chi connectivity index (χ1n) is 6.44. The predicted molar refractivity (Wildman–Crippen MR) is 82.3 cm³/mol. The molecule has 3 rings (SSSR count). The minimum atomic E-state index is 0.500. The number of hydrogen-bond donors (Lipinski definition) is 0. The van der Waals surface area contributed by atoms with Gasteiger partial charge in [0.05, 0.1) is 5.39 Å². The lowest BCUT2D eigenvalue weighted by molar-refractivity contribution is 0.657. The van der Waals surface area contributed by atoms with Crippen molar-refractivity contribution in [3.05, 3.63) is 58.6 Å². The zero-order valence-corrected chi connectivity index (χ0v) is 12.3. The maximum Gasteiger partial charge on any atom is 0.144 e. The molecule has 3 aromatic rings. The Hall–Kier alpha value is -1.58. The summed E-state index contributed by atoms with van der Waals surface area (Å²) < 4.78 is 2.10. The molecule has 20 heavy (non-hydrogen) atoms. The monoisotopic (exact) mass is 305 g/mol. The number of fused-ring (bicyclic) bond motifs is 1. The van der Waals surface area contributed by atoms with E-state index in [1.54, 1.807) is 0 Å². The fraction of sp³-hybridized carbons (Fsp3) is 0.200. The number of hydrogen-bond acceptors (Lipinski definition) is 2. The van der Waals surface area contributed by atoms with Crippen LogP contribution >= 0.6 is 23.2 Å². The highest BCUT2D eigenvalue weighted by atomic mass is 35.5. The summed E-state index contributed by atoms with van der Waals surface area (Å²) in [5, 5.41) is 2.22. The van der Waals surface area contributed by atoms with Crippen molar-refractivity contribution < 1.29 is 0 Å². The van der Waals surface area contributed by atoms with Gasteiger partial charge in [-0.1, -0.05) is 41.4 Å². The molecule has 0 saturated carbocycles. The molecule has 5 heteroatoms. The van der Waals surface area contributed by atoms with Crippen molar-refractivity contribution in [2.75, 3.05) is 0 Å². The number of benzene rings is 1.